The van der Waals surface area contributed by atoms with Crippen LogP contribution in [0.2, 0.25) is 0 Å². The SMILES string of the molecule is CN1C=CN(COCCc2ccccc2C(F)(F)F)/C1=C/N=O. The predicted molar refractivity (Wildman–Crippen MR) is 78.6 cm³/mol. The van der Waals surface area contributed by atoms with Crippen LogP contribution in [0.3, 0.4) is 0 Å². The highest BCUT2D eigenvalue weighted by Crippen LogP contribution is 2.32. The van der Waals surface area contributed by atoms with E-state index < -0.39 is 11.7 Å². The third kappa shape index (κ3) is 4.32. The summed E-state index contributed by atoms with van der Waals surface area (Å²) in [6, 6.07) is 5.43. The van der Waals surface area contributed by atoms with Gasteiger partial charge < -0.3 is 14.5 Å². The molecule has 0 radical (unpaired) electrons. The zero-order valence-electron chi connectivity index (χ0n) is 12.5. The molecule has 0 spiro atoms. The minimum atomic E-state index is -4.37. The Morgan fingerprint density at radius 2 is 2.00 bits per heavy atom. The molecule has 0 atom stereocenters. The number of hydrogen-bond acceptors (Lipinski definition) is 5. The molecule has 0 aliphatic carbocycles. The molecule has 124 valence electrons. The number of hydrogen-bond donors (Lipinski definition) is 0. The minimum Gasteiger partial charge on any atom is -0.360 e. The molecule has 5 nitrogen and oxygen atoms in total. The molecule has 23 heavy (non-hydrogen) atoms. The average molecular weight is 327 g/mol. The smallest absolute Gasteiger partial charge is 0.360 e. The molecule has 1 aromatic carbocycles. The fourth-order valence-corrected chi connectivity index (χ4v) is 2.22. The topological polar surface area (TPSA) is 45.1 Å². The normalized spacial score (nSPS) is 16.4. The first-order chi connectivity index (χ1) is 10.9. The molecule has 2 rings (SSSR count). The fraction of sp³-hybridized carbons (Fsp3) is 0.333. The predicted octanol–water partition coefficient (Wildman–Crippen LogP) is 3.51. The van der Waals surface area contributed by atoms with E-state index >= 15 is 0 Å². The summed E-state index contributed by atoms with van der Waals surface area (Å²) in [5, 5.41) is 2.72. The van der Waals surface area contributed by atoms with Crippen LogP contribution in [0.1, 0.15) is 11.1 Å². The molecule has 0 bridgehead atoms. The molecule has 0 saturated heterocycles. The Kier molecular flexibility index (Phi) is 5.38. The van der Waals surface area contributed by atoms with E-state index in [1.165, 1.54) is 12.1 Å². The number of benzene rings is 1. The van der Waals surface area contributed by atoms with Crippen molar-refractivity contribution in [3.63, 3.8) is 0 Å². The molecular weight excluding hydrogens is 311 g/mol. The third-order valence-corrected chi connectivity index (χ3v) is 3.36. The van der Waals surface area contributed by atoms with Gasteiger partial charge in [0.05, 0.1) is 12.2 Å². The van der Waals surface area contributed by atoms with Crippen LogP contribution >= 0.6 is 0 Å². The van der Waals surface area contributed by atoms with Gasteiger partial charge in [0.15, 0.2) is 0 Å². The van der Waals surface area contributed by atoms with E-state index in [2.05, 4.69) is 5.18 Å². The summed E-state index contributed by atoms with van der Waals surface area (Å²) >= 11 is 0. The summed E-state index contributed by atoms with van der Waals surface area (Å²) in [6.07, 6.45) is 0.332. The Hall–Kier alpha value is -2.35. The Labute approximate surface area is 131 Å². The van der Waals surface area contributed by atoms with E-state index in [9.17, 15) is 18.1 Å². The molecule has 1 aliphatic heterocycles. The van der Waals surface area contributed by atoms with Crippen molar-refractivity contribution in [2.75, 3.05) is 20.4 Å². The van der Waals surface area contributed by atoms with Crippen molar-refractivity contribution in [3.05, 3.63) is 64.7 Å². The van der Waals surface area contributed by atoms with Crippen LogP contribution in [0.15, 0.2) is 53.9 Å². The van der Waals surface area contributed by atoms with Crippen molar-refractivity contribution in [1.82, 2.24) is 9.80 Å². The Morgan fingerprint density at radius 1 is 1.26 bits per heavy atom. The molecule has 0 amide bonds. The lowest BCUT2D eigenvalue weighted by molar-refractivity contribution is -0.138. The number of alkyl halides is 3. The lowest BCUT2D eigenvalue weighted by Gasteiger charge is -2.21. The first-order valence-corrected chi connectivity index (χ1v) is 6.87. The van der Waals surface area contributed by atoms with Gasteiger partial charge in [0.2, 0.25) is 0 Å². The average Bonchev–Trinajstić information content (AvgIpc) is 2.84. The van der Waals surface area contributed by atoms with Gasteiger partial charge in [-0.3, -0.25) is 0 Å². The first-order valence-electron chi connectivity index (χ1n) is 6.87. The van der Waals surface area contributed by atoms with Gasteiger partial charge in [-0.25, -0.2) is 0 Å². The van der Waals surface area contributed by atoms with Gasteiger partial charge in [0.1, 0.15) is 18.8 Å². The van der Waals surface area contributed by atoms with Gasteiger partial charge in [-0.15, -0.1) is 4.91 Å². The second-order valence-electron chi connectivity index (χ2n) is 4.91. The van der Waals surface area contributed by atoms with Crippen molar-refractivity contribution in [2.45, 2.75) is 12.6 Å². The first kappa shape index (κ1) is 17.0. The largest absolute Gasteiger partial charge is 0.416 e. The van der Waals surface area contributed by atoms with E-state index in [4.69, 9.17) is 4.74 Å². The lowest BCUT2D eigenvalue weighted by atomic mass is 10.0. The molecule has 0 unspecified atom stereocenters. The summed E-state index contributed by atoms with van der Waals surface area (Å²) < 4.78 is 44.0. The number of ether oxygens (including phenoxy) is 1. The monoisotopic (exact) mass is 327 g/mol. The second-order valence-corrected chi connectivity index (χ2v) is 4.91. The van der Waals surface area contributed by atoms with E-state index in [0.29, 0.717) is 5.82 Å². The van der Waals surface area contributed by atoms with Crippen molar-refractivity contribution >= 4 is 0 Å². The summed E-state index contributed by atoms with van der Waals surface area (Å²) in [5.74, 6) is 0.538. The van der Waals surface area contributed by atoms with Crippen LogP contribution in [0, 0.1) is 4.91 Å². The molecule has 1 heterocycles. The molecule has 1 aliphatic rings. The Morgan fingerprint density at radius 3 is 2.70 bits per heavy atom. The van der Waals surface area contributed by atoms with Crippen molar-refractivity contribution < 1.29 is 17.9 Å². The van der Waals surface area contributed by atoms with E-state index in [-0.39, 0.29) is 25.3 Å². The van der Waals surface area contributed by atoms with Crippen molar-refractivity contribution in [2.24, 2.45) is 5.18 Å². The Bertz CT molecular complexity index is 614. The van der Waals surface area contributed by atoms with Crippen LogP contribution in [-0.2, 0) is 17.3 Å². The highest BCUT2D eigenvalue weighted by Gasteiger charge is 2.32. The summed E-state index contributed by atoms with van der Waals surface area (Å²) in [5.41, 5.74) is -0.449. The molecular formula is C15H16F3N3O2. The molecule has 0 aromatic heterocycles. The Balaban J connectivity index is 1.88. The van der Waals surface area contributed by atoms with Gasteiger partial charge >= 0.3 is 6.18 Å². The molecule has 8 heteroatoms. The lowest BCUT2D eigenvalue weighted by Crippen LogP contribution is -2.23. The highest BCUT2D eigenvalue weighted by atomic mass is 19.4. The van der Waals surface area contributed by atoms with Gasteiger partial charge in [-0.2, -0.15) is 13.2 Å². The maximum Gasteiger partial charge on any atom is 0.416 e. The van der Waals surface area contributed by atoms with Gasteiger partial charge in [0.25, 0.3) is 0 Å². The maximum atomic E-state index is 12.9. The highest BCUT2D eigenvalue weighted by molar-refractivity contribution is 5.29. The summed E-state index contributed by atoms with van der Waals surface area (Å²) in [7, 11) is 1.74. The van der Waals surface area contributed by atoms with Gasteiger partial charge in [-0.1, -0.05) is 18.2 Å². The van der Waals surface area contributed by atoms with Crippen LogP contribution in [-0.4, -0.2) is 30.2 Å². The van der Waals surface area contributed by atoms with Crippen molar-refractivity contribution in [1.29, 1.82) is 0 Å². The minimum absolute atomic E-state index is 0.121. The molecule has 0 fully saturated rings. The standard InChI is InChI=1S/C15H16F3N3O2/c1-20-7-8-21(14(20)10-19-22)11-23-9-6-12-4-2-3-5-13(12)15(16,17)18/h2-5,7-8,10H,6,9,11H2,1H3/b14-10+. The summed E-state index contributed by atoms with van der Waals surface area (Å²) in [4.78, 5) is 13.7. The van der Waals surface area contributed by atoms with Crippen LogP contribution in [0.4, 0.5) is 13.2 Å². The molecule has 0 N–H and O–H groups in total. The van der Waals surface area contributed by atoms with Crippen molar-refractivity contribution in [3.8, 4) is 0 Å². The number of halogens is 3. The van der Waals surface area contributed by atoms with Crippen LogP contribution < -0.4 is 0 Å². The number of nitroso groups, excluding NO2 is 1. The number of nitrogens with zero attached hydrogens (tertiary/aromatic N) is 3. The maximum absolute atomic E-state index is 12.9. The van der Waals surface area contributed by atoms with E-state index in [1.54, 1.807) is 35.3 Å². The second kappa shape index (κ2) is 7.28. The van der Waals surface area contributed by atoms with Gasteiger partial charge in [0, 0.05) is 19.4 Å². The summed E-state index contributed by atoms with van der Waals surface area (Å²) in [6.45, 7) is 0.249. The molecule has 0 saturated carbocycles. The quantitative estimate of drug-likeness (QED) is 0.592. The molecule has 1 aromatic rings. The van der Waals surface area contributed by atoms with Crippen LogP contribution in [0.5, 0.6) is 0 Å². The third-order valence-electron chi connectivity index (χ3n) is 3.36. The zero-order valence-corrected chi connectivity index (χ0v) is 12.5. The number of rotatable bonds is 6. The fourth-order valence-electron chi connectivity index (χ4n) is 2.22. The van der Waals surface area contributed by atoms with E-state index in [1.807, 2.05) is 0 Å². The van der Waals surface area contributed by atoms with Gasteiger partial charge in [-0.05, 0) is 23.2 Å². The van der Waals surface area contributed by atoms with E-state index in [0.717, 1.165) is 12.3 Å². The zero-order chi connectivity index (χ0) is 16.9. The van der Waals surface area contributed by atoms with Crippen LogP contribution in [0.25, 0.3) is 0 Å².